The number of ether oxygens (including phenoxy) is 1. The van der Waals surface area contributed by atoms with Crippen LogP contribution in [0.15, 0.2) is 47.6 Å². The van der Waals surface area contributed by atoms with E-state index in [4.69, 9.17) is 16.3 Å². The van der Waals surface area contributed by atoms with Gasteiger partial charge in [-0.3, -0.25) is 9.78 Å². The predicted molar refractivity (Wildman–Crippen MR) is 103 cm³/mol. The van der Waals surface area contributed by atoms with E-state index in [1.165, 1.54) is 18.2 Å². The zero-order valence-electron chi connectivity index (χ0n) is 15.0. The summed E-state index contributed by atoms with van der Waals surface area (Å²) < 4.78 is 29.4. The molecule has 6 nitrogen and oxygen atoms in total. The highest BCUT2D eigenvalue weighted by Gasteiger charge is 2.26. The van der Waals surface area contributed by atoms with Gasteiger partial charge in [0.15, 0.2) is 9.84 Å². The normalized spacial score (nSPS) is 17.0. The van der Waals surface area contributed by atoms with E-state index in [0.717, 1.165) is 24.7 Å². The first-order valence-corrected chi connectivity index (χ1v) is 10.9. The number of hydrogen-bond acceptors (Lipinski definition) is 5. The summed E-state index contributed by atoms with van der Waals surface area (Å²) in [6.07, 6.45) is 6.27. The van der Waals surface area contributed by atoms with Crippen molar-refractivity contribution in [3.8, 4) is 0 Å². The fourth-order valence-corrected chi connectivity index (χ4v) is 3.88. The van der Waals surface area contributed by atoms with Gasteiger partial charge in [-0.2, -0.15) is 0 Å². The van der Waals surface area contributed by atoms with Crippen LogP contribution in [0.4, 0.5) is 0 Å². The minimum absolute atomic E-state index is 0.0394. The second kappa shape index (κ2) is 8.37. The van der Waals surface area contributed by atoms with Gasteiger partial charge in [0.05, 0.1) is 21.6 Å². The van der Waals surface area contributed by atoms with Crippen LogP contribution in [-0.2, 0) is 21.1 Å². The Hall–Kier alpha value is -1.96. The molecular weight excluding hydrogens is 388 g/mol. The molecule has 1 atom stereocenters. The summed E-state index contributed by atoms with van der Waals surface area (Å²) in [5.41, 5.74) is 1.04. The van der Waals surface area contributed by atoms with Crippen molar-refractivity contribution in [3.05, 3.63) is 58.9 Å². The maximum absolute atomic E-state index is 13.2. The molecule has 2 aromatic rings. The SMILES string of the molecule is CS(=O)(=O)c1ccc(Cl)c(C(=O)N(Cc2cccnc2)CC2CCCO2)c1. The first-order valence-electron chi connectivity index (χ1n) is 8.64. The molecule has 3 rings (SSSR count). The van der Waals surface area contributed by atoms with Crippen LogP contribution < -0.4 is 0 Å². The fourth-order valence-electron chi connectivity index (χ4n) is 3.03. The molecule has 1 saturated heterocycles. The highest BCUT2D eigenvalue weighted by molar-refractivity contribution is 7.90. The molecule has 0 radical (unpaired) electrons. The van der Waals surface area contributed by atoms with Gasteiger partial charge in [-0.25, -0.2) is 8.42 Å². The van der Waals surface area contributed by atoms with Crippen LogP contribution in [0.2, 0.25) is 5.02 Å². The quantitative estimate of drug-likeness (QED) is 0.734. The maximum atomic E-state index is 13.2. The molecule has 1 aromatic heterocycles. The van der Waals surface area contributed by atoms with Crippen molar-refractivity contribution in [2.45, 2.75) is 30.4 Å². The third-order valence-corrected chi connectivity index (χ3v) is 5.87. The smallest absolute Gasteiger partial charge is 0.255 e. The van der Waals surface area contributed by atoms with Crippen LogP contribution in [0.25, 0.3) is 0 Å². The highest BCUT2D eigenvalue weighted by atomic mass is 35.5. The molecule has 0 N–H and O–H groups in total. The van der Waals surface area contributed by atoms with Gasteiger partial charge >= 0.3 is 0 Å². The van der Waals surface area contributed by atoms with Crippen molar-refractivity contribution in [2.24, 2.45) is 0 Å². The predicted octanol–water partition coefficient (Wildman–Crippen LogP) is 2.96. The van der Waals surface area contributed by atoms with Gasteiger partial charge in [-0.1, -0.05) is 17.7 Å². The lowest BCUT2D eigenvalue weighted by atomic mass is 10.1. The number of amides is 1. The Bertz CT molecular complexity index is 913. The zero-order valence-corrected chi connectivity index (χ0v) is 16.5. The van der Waals surface area contributed by atoms with Gasteiger partial charge in [0.1, 0.15) is 0 Å². The zero-order chi connectivity index (χ0) is 19.4. The second-order valence-electron chi connectivity index (χ2n) is 6.60. The van der Waals surface area contributed by atoms with Gasteiger partial charge in [0.25, 0.3) is 5.91 Å². The molecule has 0 bridgehead atoms. The molecule has 1 amide bonds. The molecule has 1 unspecified atom stereocenters. The van der Waals surface area contributed by atoms with Gasteiger partial charge in [-0.05, 0) is 42.7 Å². The number of hydrogen-bond donors (Lipinski definition) is 0. The van der Waals surface area contributed by atoms with E-state index < -0.39 is 9.84 Å². The molecule has 1 fully saturated rings. The first-order chi connectivity index (χ1) is 12.8. The lowest BCUT2D eigenvalue weighted by Gasteiger charge is -2.26. The highest BCUT2D eigenvalue weighted by Crippen LogP contribution is 2.24. The molecular formula is C19H21ClN2O4S. The summed E-state index contributed by atoms with van der Waals surface area (Å²) >= 11 is 6.22. The molecule has 27 heavy (non-hydrogen) atoms. The molecule has 0 spiro atoms. The molecule has 1 aliphatic heterocycles. The summed E-state index contributed by atoms with van der Waals surface area (Å²) in [5.74, 6) is -0.329. The van der Waals surface area contributed by atoms with Crippen LogP contribution in [0.1, 0.15) is 28.8 Å². The molecule has 1 aromatic carbocycles. The Morgan fingerprint density at radius 3 is 2.81 bits per heavy atom. The number of nitrogens with zero attached hydrogens (tertiary/aromatic N) is 2. The van der Waals surface area contributed by atoms with E-state index in [-0.39, 0.29) is 27.5 Å². The van der Waals surface area contributed by atoms with E-state index >= 15 is 0 Å². The molecule has 1 aliphatic rings. The Morgan fingerprint density at radius 1 is 1.37 bits per heavy atom. The number of pyridine rings is 1. The number of aromatic nitrogens is 1. The number of halogens is 1. The minimum atomic E-state index is -3.45. The van der Waals surface area contributed by atoms with E-state index in [2.05, 4.69) is 4.98 Å². The summed E-state index contributed by atoms with van der Waals surface area (Å²) in [7, 11) is -3.45. The summed E-state index contributed by atoms with van der Waals surface area (Å²) in [5, 5.41) is 0.218. The topological polar surface area (TPSA) is 76.6 Å². The molecule has 144 valence electrons. The molecule has 0 aliphatic carbocycles. The summed E-state index contributed by atoms with van der Waals surface area (Å²) in [4.78, 5) is 19.0. The maximum Gasteiger partial charge on any atom is 0.255 e. The van der Waals surface area contributed by atoms with Crippen LogP contribution in [0, 0.1) is 0 Å². The Labute approximate surface area is 164 Å². The van der Waals surface area contributed by atoms with E-state index in [0.29, 0.717) is 19.7 Å². The summed E-state index contributed by atoms with van der Waals surface area (Å²) in [6.45, 7) is 1.43. The number of carbonyl (C=O) groups excluding carboxylic acids is 1. The lowest BCUT2D eigenvalue weighted by Crippen LogP contribution is -2.37. The van der Waals surface area contributed by atoms with Gasteiger partial charge in [0, 0.05) is 38.3 Å². The average Bonchev–Trinajstić information content (AvgIpc) is 3.14. The van der Waals surface area contributed by atoms with Crippen molar-refractivity contribution in [3.63, 3.8) is 0 Å². The third-order valence-electron chi connectivity index (χ3n) is 4.43. The number of sulfone groups is 1. The number of carbonyl (C=O) groups is 1. The van der Waals surface area contributed by atoms with Crippen LogP contribution >= 0.6 is 11.6 Å². The Morgan fingerprint density at radius 2 is 2.19 bits per heavy atom. The third kappa shape index (κ3) is 5.06. The van der Waals surface area contributed by atoms with Gasteiger partial charge < -0.3 is 9.64 Å². The monoisotopic (exact) mass is 408 g/mol. The van der Waals surface area contributed by atoms with E-state index in [1.807, 2.05) is 6.07 Å². The van der Waals surface area contributed by atoms with Crippen molar-refractivity contribution in [2.75, 3.05) is 19.4 Å². The Balaban J connectivity index is 1.92. The van der Waals surface area contributed by atoms with Crippen LogP contribution in [-0.4, -0.2) is 49.7 Å². The standard InChI is InChI=1S/C19H21ClN2O4S/c1-27(24,25)16-6-7-18(20)17(10-16)19(23)22(13-15-5-3-9-26-15)12-14-4-2-8-21-11-14/h2,4,6-8,10-11,15H,3,5,9,12-13H2,1H3. The lowest BCUT2D eigenvalue weighted by molar-refractivity contribution is 0.0507. The van der Waals surface area contributed by atoms with E-state index in [1.54, 1.807) is 23.4 Å². The summed E-state index contributed by atoms with van der Waals surface area (Å²) in [6, 6.07) is 7.88. The number of benzene rings is 1. The number of rotatable bonds is 6. The first kappa shape index (κ1) is 19.8. The van der Waals surface area contributed by atoms with Crippen molar-refractivity contribution >= 4 is 27.3 Å². The minimum Gasteiger partial charge on any atom is -0.376 e. The van der Waals surface area contributed by atoms with Crippen molar-refractivity contribution in [1.29, 1.82) is 0 Å². The van der Waals surface area contributed by atoms with Crippen LogP contribution in [0.3, 0.4) is 0 Å². The average molecular weight is 409 g/mol. The molecule has 8 heteroatoms. The Kier molecular flexibility index (Phi) is 6.14. The van der Waals surface area contributed by atoms with Gasteiger partial charge in [0.2, 0.25) is 0 Å². The molecule has 2 heterocycles. The second-order valence-corrected chi connectivity index (χ2v) is 9.02. The van der Waals surface area contributed by atoms with E-state index in [9.17, 15) is 13.2 Å². The van der Waals surface area contributed by atoms with Gasteiger partial charge in [-0.15, -0.1) is 0 Å². The largest absolute Gasteiger partial charge is 0.376 e. The van der Waals surface area contributed by atoms with Crippen molar-refractivity contribution in [1.82, 2.24) is 9.88 Å². The molecule has 0 saturated carbocycles. The van der Waals surface area contributed by atoms with Crippen LogP contribution in [0.5, 0.6) is 0 Å². The van der Waals surface area contributed by atoms with Crippen molar-refractivity contribution < 1.29 is 17.9 Å². The fraction of sp³-hybridized carbons (Fsp3) is 0.368.